The molecule has 2 aromatic rings. The number of carbonyl (C=O) groups excluding carboxylic acids is 2. The van der Waals surface area contributed by atoms with E-state index in [1.54, 1.807) is 32.0 Å². The molecule has 194 valence electrons. The highest BCUT2D eigenvalue weighted by Crippen LogP contribution is 2.36. The van der Waals surface area contributed by atoms with Gasteiger partial charge in [0.05, 0.1) is 22.9 Å². The highest BCUT2D eigenvalue weighted by molar-refractivity contribution is 6.31. The number of nitrogens with zero attached hydrogens (tertiary/aromatic N) is 1. The zero-order valence-electron chi connectivity index (χ0n) is 19.9. The molecule has 0 radical (unpaired) electrons. The van der Waals surface area contributed by atoms with Gasteiger partial charge in [-0.3, -0.25) is 9.59 Å². The molecule has 11 heteroatoms. The Balaban J connectivity index is 1.47. The topological polar surface area (TPSA) is 100 Å². The van der Waals surface area contributed by atoms with Gasteiger partial charge in [-0.15, -0.1) is 0 Å². The summed E-state index contributed by atoms with van der Waals surface area (Å²) >= 11 is 11.7. The lowest BCUT2D eigenvalue weighted by Crippen LogP contribution is -2.51. The number of amides is 2. The number of hydrogen-bond donors (Lipinski definition) is 3. The third kappa shape index (κ3) is 8.01. The van der Waals surface area contributed by atoms with Crippen LogP contribution in [0.2, 0.25) is 10.0 Å². The molecule has 36 heavy (non-hydrogen) atoms. The molecular weight excluding hydrogens is 512 g/mol. The quantitative estimate of drug-likeness (QED) is 0.425. The summed E-state index contributed by atoms with van der Waals surface area (Å²) in [5.41, 5.74) is 0.0740. The molecule has 0 fully saturated rings. The standard InChI is InChI=1S/C25H28Cl2FN3O5/c1-15(8-9-29-23(32)13-35-17-5-6-18(27)19(28)11-17)30-24(33)22-12-31(14-25(2,3)34)20-10-16(26)4-7-21(20)36-22/h4-7,10-11,22,34H,1,8-9,12-14H2,2-3H3,(H,29,32)(H,30,33)/t22-/m0/s1. The van der Waals surface area contributed by atoms with Crippen LogP contribution >= 0.6 is 23.2 Å². The van der Waals surface area contributed by atoms with E-state index in [9.17, 15) is 19.1 Å². The first kappa shape index (κ1) is 27.6. The minimum atomic E-state index is -1.01. The van der Waals surface area contributed by atoms with E-state index in [1.807, 2.05) is 4.90 Å². The van der Waals surface area contributed by atoms with E-state index in [2.05, 4.69) is 17.2 Å². The molecule has 2 aromatic carbocycles. The van der Waals surface area contributed by atoms with Gasteiger partial charge in [-0.1, -0.05) is 29.8 Å². The van der Waals surface area contributed by atoms with E-state index in [-0.39, 0.29) is 43.4 Å². The Morgan fingerprint density at radius 1 is 1.28 bits per heavy atom. The van der Waals surface area contributed by atoms with Gasteiger partial charge in [0, 0.05) is 36.3 Å². The van der Waals surface area contributed by atoms with Gasteiger partial charge < -0.3 is 30.1 Å². The second kappa shape index (κ2) is 11.8. The van der Waals surface area contributed by atoms with E-state index < -0.39 is 29.3 Å². The third-order valence-corrected chi connectivity index (χ3v) is 5.64. The normalized spacial score (nSPS) is 14.9. The lowest BCUT2D eigenvalue weighted by Gasteiger charge is -2.38. The Bertz CT molecular complexity index is 1140. The van der Waals surface area contributed by atoms with Crippen LogP contribution in [0.3, 0.4) is 0 Å². The molecule has 2 amide bonds. The molecule has 0 aromatic heterocycles. The molecule has 0 saturated carbocycles. The van der Waals surface area contributed by atoms with Crippen LogP contribution in [0.25, 0.3) is 0 Å². The molecule has 1 atom stereocenters. The van der Waals surface area contributed by atoms with Crippen molar-refractivity contribution in [1.82, 2.24) is 10.6 Å². The van der Waals surface area contributed by atoms with Crippen molar-refractivity contribution < 1.29 is 28.6 Å². The molecule has 0 saturated heterocycles. The van der Waals surface area contributed by atoms with Gasteiger partial charge in [0.2, 0.25) is 0 Å². The number of fused-ring (bicyclic) bond motifs is 1. The highest BCUT2D eigenvalue weighted by Gasteiger charge is 2.33. The van der Waals surface area contributed by atoms with E-state index in [1.165, 1.54) is 12.1 Å². The summed E-state index contributed by atoms with van der Waals surface area (Å²) in [6.07, 6.45) is -0.570. The average molecular weight is 540 g/mol. The Hall–Kier alpha value is -3.01. The maximum absolute atomic E-state index is 13.4. The van der Waals surface area contributed by atoms with Crippen LogP contribution in [0.1, 0.15) is 20.3 Å². The van der Waals surface area contributed by atoms with Gasteiger partial charge in [0.15, 0.2) is 12.7 Å². The fourth-order valence-corrected chi connectivity index (χ4v) is 3.80. The number of nitrogens with one attached hydrogen (secondary N) is 2. The first-order valence-corrected chi connectivity index (χ1v) is 11.9. The van der Waals surface area contributed by atoms with Crippen molar-refractivity contribution in [2.45, 2.75) is 32.0 Å². The molecule has 1 aliphatic heterocycles. The van der Waals surface area contributed by atoms with Crippen LogP contribution in [0.5, 0.6) is 11.5 Å². The summed E-state index contributed by atoms with van der Waals surface area (Å²) in [6.45, 7) is 7.56. The number of carbonyl (C=O) groups is 2. The highest BCUT2D eigenvalue weighted by atomic mass is 35.5. The van der Waals surface area contributed by atoms with Gasteiger partial charge in [-0.05, 0) is 44.2 Å². The van der Waals surface area contributed by atoms with Gasteiger partial charge >= 0.3 is 0 Å². The van der Waals surface area contributed by atoms with Crippen molar-refractivity contribution in [2.24, 2.45) is 0 Å². The van der Waals surface area contributed by atoms with E-state index >= 15 is 0 Å². The minimum Gasteiger partial charge on any atom is -0.484 e. The number of anilines is 1. The molecule has 1 aliphatic rings. The van der Waals surface area contributed by atoms with Crippen molar-refractivity contribution in [3.8, 4) is 11.5 Å². The summed E-state index contributed by atoms with van der Waals surface area (Å²) in [7, 11) is 0. The Morgan fingerprint density at radius 3 is 2.72 bits per heavy atom. The fourth-order valence-electron chi connectivity index (χ4n) is 3.52. The number of benzene rings is 2. The summed E-state index contributed by atoms with van der Waals surface area (Å²) in [5.74, 6) is -0.801. The lowest BCUT2D eigenvalue weighted by molar-refractivity contribution is -0.127. The summed E-state index contributed by atoms with van der Waals surface area (Å²) in [5, 5.41) is 16.1. The van der Waals surface area contributed by atoms with Crippen molar-refractivity contribution in [3.05, 3.63) is 64.5 Å². The SMILES string of the molecule is C=C(CCNC(=O)COc1ccc(Cl)c(F)c1)NC(=O)[C@@H]1CN(CC(C)(C)O)c2cc(Cl)ccc2O1. The third-order valence-electron chi connectivity index (χ3n) is 5.10. The van der Waals surface area contributed by atoms with Crippen LogP contribution in [0.15, 0.2) is 48.7 Å². The summed E-state index contributed by atoms with van der Waals surface area (Å²) in [4.78, 5) is 26.7. The first-order valence-electron chi connectivity index (χ1n) is 11.2. The lowest BCUT2D eigenvalue weighted by atomic mass is 10.1. The molecule has 8 nitrogen and oxygen atoms in total. The average Bonchev–Trinajstić information content (AvgIpc) is 2.79. The van der Waals surface area contributed by atoms with Gasteiger partial charge in [-0.2, -0.15) is 0 Å². The summed E-state index contributed by atoms with van der Waals surface area (Å²) in [6, 6.07) is 8.96. The molecular formula is C25H28Cl2FN3O5. The smallest absolute Gasteiger partial charge is 0.267 e. The van der Waals surface area contributed by atoms with Crippen LogP contribution in [0.4, 0.5) is 10.1 Å². The Morgan fingerprint density at radius 2 is 2.03 bits per heavy atom. The second-order valence-electron chi connectivity index (χ2n) is 8.97. The predicted octanol–water partition coefficient (Wildman–Crippen LogP) is 3.69. The molecule has 0 bridgehead atoms. The van der Waals surface area contributed by atoms with Gasteiger partial charge in [0.1, 0.15) is 17.3 Å². The zero-order valence-corrected chi connectivity index (χ0v) is 21.5. The molecule has 3 rings (SSSR count). The maximum atomic E-state index is 13.4. The Labute approximate surface area is 219 Å². The fraction of sp³-hybridized carbons (Fsp3) is 0.360. The molecule has 0 aliphatic carbocycles. The van der Waals surface area contributed by atoms with E-state index in [4.69, 9.17) is 32.7 Å². The zero-order chi connectivity index (χ0) is 26.5. The number of rotatable bonds is 10. The Kier molecular flexibility index (Phi) is 9.05. The first-order chi connectivity index (χ1) is 16.9. The summed E-state index contributed by atoms with van der Waals surface area (Å²) < 4.78 is 24.5. The van der Waals surface area contributed by atoms with Crippen molar-refractivity contribution >= 4 is 40.7 Å². The molecule has 1 heterocycles. The monoisotopic (exact) mass is 539 g/mol. The molecule has 3 N–H and O–H groups in total. The number of halogens is 3. The molecule has 0 unspecified atom stereocenters. The van der Waals surface area contributed by atoms with Crippen LogP contribution < -0.4 is 25.0 Å². The second-order valence-corrected chi connectivity index (χ2v) is 9.81. The van der Waals surface area contributed by atoms with Gasteiger partial charge in [-0.25, -0.2) is 4.39 Å². The van der Waals surface area contributed by atoms with E-state index in [0.717, 1.165) is 6.07 Å². The number of hydrogen-bond acceptors (Lipinski definition) is 6. The largest absolute Gasteiger partial charge is 0.484 e. The molecule has 0 spiro atoms. The number of β-amino-alcohol motifs (C(OH)–C–C–N with tert-alkyl or cyclic N) is 1. The number of aliphatic hydroxyl groups is 1. The number of ether oxygens (including phenoxy) is 2. The van der Waals surface area contributed by atoms with E-state index in [0.29, 0.717) is 22.2 Å². The van der Waals surface area contributed by atoms with Crippen LogP contribution in [-0.4, -0.2) is 54.9 Å². The maximum Gasteiger partial charge on any atom is 0.267 e. The predicted molar refractivity (Wildman–Crippen MR) is 136 cm³/mol. The van der Waals surface area contributed by atoms with Gasteiger partial charge in [0.25, 0.3) is 11.8 Å². The van der Waals surface area contributed by atoms with Crippen LogP contribution in [0, 0.1) is 5.82 Å². The van der Waals surface area contributed by atoms with Crippen molar-refractivity contribution in [1.29, 1.82) is 0 Å². The van der Waals surface area contributed by atoms with Crippen molar-refractivity contribution in [2.75, 3.05) is 31.1 Å². The van der Waals surface area contributed by atoms with Crippen LogP contribution in [-0.2, 0) is 9.59 Å². The minimum absolute atomic E-state index is 0.0375. The van der Waals surface area contributed by atoms with Crippen molar-refractivity contribution in [3.63, 3.8) is 0 Å².